The molecule has 0 radical (unpaired) electrons. The first kappa shape index (κ1) is 17.0. The fourth-order valence-corrected chi connectivity index (χ4v) is 2.76. The number of hydrogen-bond acceptors (Lipinski definition) is 2. The molecule has 0 aliphatic carbocycles. The van der Waals surface area contributed by atoms with Crippen molar-refractivity contribution >= 4 is 5.65 Å². The molecule has 0 aliphatic rings. The summed E-state index contributed by atoms with van der Waals surface area (Å²) < 4.78 is 40.3. The second-order valence-corrected chi connectivity index (χ2v) is 6.16. The molecule has 0 aliphatic heterocycles. The van der Waals surface area contributed by atoms with E-state index in [0.717, 1.165) is 23.4 Å². The van der Waals surface area contributed by atoms with Crippen LogP contribution in [0.15, 0.2) is 42.6 Å². The zero-order valence-electron chi connectivity index (χ0n) is 13.8. The summed E-state index contributed by atoms with van der Waals surface area (Å²) in [5.41, 5.74) is 2.57. The zero-order chi connectivity index (χ0) is 18.2. The van der Waals surface area contributed by atoms with Gasteiger partial charge in [0.2, 0.25) is 0 Å². The summed E-state index contributed by atoms with van der Waals surface area (Å²) in [5, 5.41) is 9.10. The van der Waals surface area contributed by atoms with Crippen LogP contribution in [0.25, 0.3) is 16.9 Å². The quantitative estimate of drug-likeness (QED) is 0.655. The number of alkyl halides is 3. The molecule has 0 bridgehead atoms. The van der Waals surface area contributed by atoms with Crippen LogP contribution < -0.4 is 0 Å². The standard InChI is InChI=1S/C19H16F3N3/c1-12(2)13-3-5-14(6-4-13)18-16(9-10-23)25-11-15(19(20,21)22)7-8-17(25)24-18/h3-8,11-12H,9H2,1-2H3. The Morgan fingerprint density at radius 3 is 2.36 bits per heavy atom. The third kappa shape index (κ3) is 3.22. The maximum absolute atomic E-state index is 13.0. The van der Waals surface area contributed by atoms with Gasteiger partial charge in [0.05, 0.1) is 29.4 Å². The average molecular weight is 343 g/mol. The second kappa shape index (κ2) is 6.25. The number of hydrogen-bond donors (Lipinski definition) is 0. The van der Waals surface area contributed by atoms with E-state index in [1.807, 2.05) is 30.3 Å². The lowest BCUT2D eigenvalue weighted by Gasteiger charge is -2.08. The van der Waals surface area contributed by atoms with E-state index in [4.69, 9.17) is 5.26 Å². The van der Waals surface area contributed by atoms with Crippen molar-refractivity contribution in [3.8, 4) is 17.3 Å². The molecule has 0 unspecified atom stereocenters. The number of fused-ring (bicyclic) bond motifs is 1. The highest BCUT2D eigenvalue weighted by molar-refractivity contribution is 5.67. The fraction of sp³-hybridized carbons (Fsp3) is 0.263. The van der Waals surface area contributed by atoms with Gasteiger partial charge in [-0.2, -0.15) is 18.4 Å². The first-order chi connectivity index (χ1) is 11.8. The minimum absolute atomic E-state index is 0.0241. The van der Waals surface area contributed by atoms with Crippen LogP contribution in [0.1, 0.15) is 36.6 Å². The van der Waals surface area contributed by atoms with Crippen molar-refractivity contribution in [2.24, 2.45) is 0 Å². The van der Waals surface area contributed by atoms with Crippen molar-refractivity contribution in [1.29, 1.82) is 5.26 Å². The van der Waals surface area contributed by atoms with E-state index >= 15 is 0 Å². The lowest BCUT2D eigenvalue weighted by molar-refractivity contribution is -0.137. The zero-order valence-corrected chi connectivity index (χ0v) is 13.8. The van der Waals surface area contributed by atoms with Crippen molar-refractivity contribution in [1.82, 2.24) is 9.38 Å². The van der Waals surface area contributed by atoms with Gasteiger partial charge in [0.25, 0.3) is 0 Å². The molecule has 2 heterocycles. The molecule has 0 atom stereocenters. The summed E-state index contributed by atoms with van der Waals surface area (Å²) in [6.45, 7) is 4.17. The number of nitriles is 1. The lowest BCUT2D eigenvalue weighted by atomic mass is 10.00. The van der Waals surface area contributed by atoms with Gasteiger partial charge in [-0.05, 0) is 23.6 Å². The molecular formula is C19H16F3N3. The smallest absolute Gasteiger partial charge is 0.302 e. The molecule has 3 rings (SSSR count). The highest BCUT2D eigenvalue weighted by Crippen LogP contribution is 2.32. The van der Waals surface area contributed by atoms with Crippen LogP contribution >= 0.6 is 0 Å². The molecule has 25 heavy (non-hydrogen) atoms. The predicted octanol–water partition coefficient (Wildman–Crippen LogP) is 5.21. The van der Waals surface area contributed by atoms with Crippen LogP contribution in [-0.2, 0) is 12.6 Å². The third-order valence-corrected chi connectivity index (χ3v) is 4.14. The van der Waals surface area contributed by atoms with Crippen LogP contribution in [0.3, 0.4) is 0 Å². The van der Waals surface area contributed by atoms with E-state index in [2.05, 4.69) is 18.8 Å². The monoisotopic (exact) mass is 343 g/mol. The summed E-state index contributed by atoms with van der Waals surface area (Å²) in [6, 6.07) is 12.1. The first-order valence-electron chi connectivity index (χ1n) is 7.86. The maximum Gasteiger partial charge on any atom is 0.417 e. The Balaban J connectivity index is 2.17. The summed E-state index contributed by atoms with van der Waals surface area (Å²) >= 11 is 0. The number of aromatic nitrogens is 2. The molecule has 0 spiro atoms. The van der Waals surface area contributed by atoms with E-state index in [0.29, 0.717) is 23.0 Å². The van der Waals surface area contributed by atoms with Crippen LogP contribution in [-0.4, -0.2) is 9.38 Å². The number of nitrogens with zero attached hydrogens (tertiary/aromatic N) is 3. The molecule has 6 heteroatoms. The Bertz CT molecular complexity index is 945. The van der Waals surface area contributed by atoms with Crippen LogP contribution in [0.4, 0.5) is 13.2 Å². The van der Waals surface area contributed by atoms with Gasteiger partial charge in [0.15, 0.2) is 0 Å². The van der Waals surface area contributed by atoms with Gasteiger partial charge in [0.1, 0.15) is 5.65 Å². The molecule has 3 aromatic rings. The molecule has 0 saturated carbocycles. The summed E-state index contributed by atoms with van der Waals surface area (Å²) in [7, 11) is 0. The Morgan fingerprint density at radius 2 is 1.80 bits per heavy atom. The molecule has 0 fully saturated rings. The van der Waals surface area contributed by atoms with Gasteiger partial charge in [-0.1, -0.05) is 38.1 Å². The molecule has 0 N–H and O–H groups in total. The topological polar surface area (TPSA) is 41.1 Å². The van der Waals surface area contributed by atoms with Crippen molar-refractivity contribution in [2.75, 3.05) is 0 Å². The van der Waals surface area contributed by atoms with Gasteiger partial charge >= 0.3 is 6.18 Å². The molecule has 0 amide bonds. The second-order valence-electron chi connectivity index (χ2n) is 6.16. The fourth-order valence-electron chi connectivity index (χ4n) is 2.76. The summed E-state index contributed by atoms with van der Waals surface area (Å²) in [6.07, 6.45) is -3.47. The van der Waals surface area contributed by atoms with Gasteiger partial charge in [-0.25, -0.2) is 4.98 Å². The lowest BCUT2D eigenvalue weighted by Crippen LogP contribution is -2.07. The Morgan fingerprint density at radius 1 is 1.12 bits per heavy atom. The average Bonchev–Trinajstić information content (AvgIpc) is 2.92. The largest absolute Gasteiger partial charge is 0.417 e. The van der Waals surface area contributed by atoms with Crippen molar-refractivity contribution < 1.29 is 13.2 Å². The SMILES string of the molecule is CC(C)c1ccc(-c2nc3ccc(C(F)(F)F)cn3c2CC#N)cc1. The van der Waals surface area contributed by atoms with Crippen LogP contribution in [0.2, 0.25) is 0 Å². The highest BCUT2D eigenvalue weighted by atomic mass is 19.4. The Hall–Kier alpha value is -2.81. The number of rotatable bonds is 3. The summed E-state index contributed by atoms with van der Waals surface area (Å²) in [5.74, 6) is 0.378. The first-order valence-corrected chi connectivity index (χ1v) is 7.86. The molecule has 2 aromatic heterocycles. The number of pyridine rings is 1. The predicted molar refractivity (Wildman–Crippen MR) is 89.0 cm³/mol. The van der Waals surface area contributed by atoms with Crippen LogP contribution in [0.5, 0.6) is 0 Å². The van der Waals surface area contributed by atoms with E-state index in [1.165, 1.54) is 10.5 Å². The Labute approximate surface area is 143 Å². The van der Waals surface area contributed by atoms with E-state index in [9.17, 15) is 13.2 Å². The van der Waals surface area contributed by atoms with Gasteiger partial charge in [-0.15, -0.1) is 0 Å². The van der Waals surface area contributed by atoms with Crippen molar-refractivity contribution in [3.63, 3.8) is 0 Å². The molecule has 1 aromatic carbocycles. The third-order valence-electron chi connectivity index (χ3n) is 4.14. The highest BCUT2D eigenvalue weighted by Gasteiger charge is 2.31. The number of benzene rings is 1. The Kier molecular flexibility index (Phi) is 4.25. The number of imidazole rings is 1. The van der Waals surface area contributed by atoms with Gasteiger partial charge in [-0.3, -0.25) is 0 Å². The van der Waals surface area contributed by atoms with Crippen LogP contribution in [0, 0.1) is 11.3 Å². The minimum atomic E-state index is -4.44. The molecule has 0 saturated heterocycles. The van der Waals surface area contributed by atoms with E-state index in [1.54, 1.807) is 0 Å². The van der Waals surface area contributed by atoms with Crippen molar-refractivity contribution in [2.45, 2.75) is 32.4 Å². The maximum atomic E-state index is 13.0. The normalized spacial score (nSPS) is 11.9. The van der Waals surface area contributed by atoms with E-state index in [-0.39, 0.29) is 6.42 Å². The van der Waals surface area contributed by atoms with Crippen molar-refractivity contribution in [3.05, 3.63) is 59.4 Å². The molecular weight excluding hydrogens is 327 g/mol. The number of halogens is 3. The van der Waals surface area contributed by atoms with E-state index < -0.39 is 11.7 Å². The summed E-state index contributed by atoms with van der Waals surface area (Å²) in [4.78, 5) is 4.44. The van der Waals surface area contributed by atoms with Gasteiger partial charge in [0, 0.05) is 11.8 Å². The molecule has 3 nitrogen and oxygen atoms in total. The minimum Gasteiger partial charge on any atom is -0.302 e. The van der Waals surface area contributed by atoms with Gasteiger partial charge < -0.3 is 4.40 Å². The molecule has 128 valence electrons.